The van der Waals surface area contributed by atoms with Gasteiger partial charge in [0.25, 0.3) is 5.91 Å². The van der Waals surface area contributed by atoms with Gasteiger partial charge in [0, 0.05) is 24.6 Å². The molecule has 0 unspecified atom stereocenters. The molecule has 2 N–H and O–H groups in total. The van der Waals surface area contributed by atoms with Crippen LogP contribution in [0.1, 0.15) is 34.0 Å². The van der Waals surface area contributed by atoms with Crippen LogP contribution in [0.3, 0.4) is 0 Å². The molecule has 0 atom stereocenters. The molecular formula is C21H22N4O. The molecule has 5 heteroatoms. The molecule has 3 rings (SSSR count). The lowest BCUT2D eigenvalue weighted by Gasteiger charge is -2.08. The number of carbonyl (C=O) groups excluding carboxylic acids is 1. The second kappa shape index (κ2) is 8.25. The maximum Gasteiger partial charge on any atom is 0.254 e. The zero-order chi connectivity index (χ0) is 18.4. The van der Waals surface area contributed by atoms with E-state index in [2.05, 4.69) is 39.7 Å². The summed E-state index contributed by atoms with van der Waals surface area (Å²) in [4.78, 5) is 20.7. The molecule has 0 aliphatic carbocycles. The van der Waals surface area contributed by atoms with Gasteiger partial charge in [-0.05, 0) is 36.6 Å². The van der Waals surface area contributed by atoms with Crippen molar-refractivity contribution in [2.45, 2.75) is 26.8 Å². The number of aromatic nitrogens is 2. The van der Waals surface area contributed by atoms with E-state index < -0.39 is 0 Å². The Morgan fingerprint density at radius 1 is 1.00 bits per heavy atom. The van der Waals surface area contributed by atoms with Crippen molar-refractivity contribution in [2.75, 3.05) is 5.32 Å². The minimum absolute atomic E-state index is 0.189. The van der Waals surface area contributed by atoms with Crippen LogP contribution < -0.4 is 10.6 Å². The summed E-state index contributed by atoms with van der Waals surface area (Å²) in [5, 5.41) is 6.02. The third-order valence-electron chi connectivity index (χ3n) is 4.07. The smallest absolute Gasteiger partial charge is 0.254 e. The van der Waals surface area contributed by atoms with E-state index in [9.17, 15) is 4.79 Å². The van der Waals surface area contributed by atoms with E-state index in [-0.39, 0.29) is 5.91 Å². The summed E-state index contributed by atoms with van der Waals surface area (Å²) in [5.74, 6) is 0.273. The summed E-state index contributed by atoms with van der Waals surface area (Å²) in [6, 6.07) is 16.2. The summed E-state index contributed by atoms with van der Waals surface area (Å²) in [6.45, 7) is 4.62. The van der Waals surface area contributed by atoms with Gasteiger partial charge in [0.2, 0.25) is 5.95 Å². The molecule has 26 heavy (non-hydrogen) atoms. The molecule has 0 fully saturated rings. The Morgan fingerprint density at radius 2 is 1.73 bits per heavy atom. The van der Waals surface area contributed by atoms with Crippen LogP contribution in [0.4, 0.5) is 11.6 Å². The molecule has 0 bridgehead atoms. The fraction of sp³-hybridized carbons (Fsp3) is 0.190. The van der Waals surface area contributed by atoms with Gasteiger partial charge in [-0.3, -0.25) is 4.79 Å². The van der Waals surface area contributed by atoms with Crippen molar-refractivity contribution in [3.8, 4) is 0 Å². The molecule has 0 aliphatic rings. The molecule has 5 nitrogen and oxygen atoms in total. The van der Waals surface area contributed by atoms with E-state index >= 15 is 0 Å². The van der Waals surface area contributed by atoms with E-state index in [1.54, 1.807) is 0 Å². The Balaban J connectivity index is 1.58. The van der Waals surface area contributed by atoms with Crippen LogP contribution in [0.15, 0.2) is 60.9 Å². The summed E-state index contributed by atoms with van der Waals surface area (Å²) in [6.07, 6.45) is 4.06. The van der Waals surface area contributed by atoms with Gasteiger partial charge in [0.15, 0.2) is 0 Å². The van der Waals surface area contributed by atoms with Crippen LogP contribution in [0.5, 0.6) is 0 Å². The zero-order valence-corrected chi connectivity index (χ0v) is 15.0. The Hall–Kier alpha value is -3.21. The number of anilines is 2. The Labute approximate surface area is 153 Å². The summed E-state index contributed by atoms with van der Waals surface area (Å²) in [5.41, 5.74) is 4.86. The van der Waals surface area contributed by atoms with E-state index in [1.807, 2.05) is 43.3 Å². The summed E-state index contributed by atoms with van der Waals surface area (Å²) >= 11 is 0. The highest BCUT2D eigenvalue weighted by atomic mass is 16.1. The number of nitrogens with zero attached hydrogens (tertiary/aromatic N) is 2. The molecule has 3 aromatic rings. The quantitative estimate of drug-likeness (QED) is 0.707. The lowest BCUT2D eigenvalue weighted by molar-refractivity contribution is 0.0950. The van der Waals surface area contributed by atoms with Crippen molar-refractivity contribution >= 4 is 17.5 Å². The predicted molar refractivity (Wildman–Crippen MR) is 103 cm³/mol. The van der Waals surface area contributed by atoms with Gasteiger partial charge in [-0.1, -0.05) is 48.9 Å². The molecule has 1 aromatic heterocycles. The monoisotopic (exact) mass is 346 g/mol. The van der Waals surface area contributed by atoms with Crippen molar-refractivity contribution < 1.29 is 4.79 Å². The third-order valence-corrected chi connectivity index (χ3v) is 4.07. The molecule has 0 aliphatic heterocycles. The van der Waals surface area contributed by atoms with Gasteiger partial charge in [-0.25, -0.2) is 9.97 Å². The first kappa shape index (κ1) is 17.6. The molecule has 0 radical (unpaired) electrons. The fourth-order valence-electron chi connectivity index (χ4n) is 2.57. The molecule has 0 saturated carbocycles. The van der Waals surface area contributed by atoms with Crippen LogP contribution in [0.25, 0.3) is 0 Å². The molecule has 1 heterocycles. The molecule has 132 valence electrons. The minimum atomic E-state index is -0.189. The number of benzene rings is 2. The molecule has 1 amide bonds. The van der Waals surface area contributed by atoms with Gasteiger partial charge in [0.1, 0.15) is 0 Å². The van der Waals surface area contributed by atoms with Gasteiger partial charge in [-0.2, -0.15) is 0 Å². The van der Waals surface area contributed by atoms with Gasteiger partial charge < -0.3 is 10.6 Å². The van der Waals surface area contributed by atoms with Crippen LogP contribution in [-0.2, 0) is 13.0 Å². The maximum atomic E-state index is 12.2. The van der Waals surface area contributed by atoms with Crippen molar-refractivity contribution in [3.05, 3.63) is 83.2 Å². The average molecular weight is 346 g/mol. The van der Waals surface area contributed by atoms with Gasteiger partial charge >= 0.3 is 0 Å². The van der Waals surface area contributed by atoms with Crippen molar-refractivity contribution in [1.82, 2.24) is 15.3 Å². The first-order valence-electron chi connectivity index (χ1n) is 8.66. The number of carbonyl (C=O) groups is 1. The van der Waals surface area contributed by atoms with Crippen LogP contribution >= 0.6 is 0 Å². The maximum absolute atomic E-state index is 12.2. The Morgan fingerprint density at radius 3 is 2.38 bits per heavy atom. The second-order valence-corrected chi connectivity index (χ2v) is 6.14. The lowest BCUT2D eigenvalue weighted by atomic mass is 10.1. The Bertz CT molecular complexity index is 873. The third kappa shape index (κ3) is 4.66. The highest BCUT2D eigenvalue weighted by Crippen LogP contribution is 2.14. The van der Waals surface area contributed by atoms with Crippen LogP contribution in [-0.4, -0.2) is 15.9 Å². The largest absolute Gasteiger partial charge is 0.348 e. The standard InChI is InChI=1S/C21H22N4O/c1-3-16-7-9-19(10-8-16)25-21-23-13-18(14-24-21)20(26)22-12-17-6-4-5-15(2)11-17/h4-11,13-14H,3,12H2,1-2H3,(H,22,26)(H,23,24,25). The number of nitrogens with one attached hydrogen (secondary N) is 2. The Kier molecular flexibility index (Phi) is 5.59. The zero-order valence-electron chi connectivity index (χ0n) is 15.0. The van der Waals surface area contributed by atoms with Gasteiger partial charge in [0.05, 0.1) is 5.56 Å². The highest BCUT2D eigenvalue weighted by molar-refractivity contribution is 5.93. The summed E-state index contributed by atoms with van der Waals surface area (Å²) < 4.78 is 0. The number of hydrogen-bond acceptors (Lipinski definition) is 4. The first-order valence-corrected chi connectivity index (χ1v) is 8.66. The number of aryl methyl sites for hydroxylation is 2. The normalized spacial score (nSPS) is 10.4. The molecule has 0 spiro atoms. The summed E-state index contributed by atoms with van der Waals surface area (Å²) in [7, 11) is 0. The molecule has 0 saturated heterocycles. The number of amides is 1. The SMILES string of the molecule is CCc1ccc(Nc2ncc(C(=O)NCc3cccc(C)c3)cn2)cc1. The number of hydrogen-bond donors (Lipinski definition) is 2. The fourth-order valence-corrected chi connectivity index (χ4v) is 2.57. The van der Waals surface area contributed by atoms with Crippen molar-refractivity contribution in [2.24, 2.45) is 0 Å². The topological polar surface area (TPSA) is 66.9 Å². The van der Waals surface area contributed by atoms with Crippen molar-refractivity contribution in [1.29, 1.82) is 0 Å². The van der Waals surface area contributed by atoms with Gasteiger partial charge in [-0.15, -0.1) is 0 Å². The van der Waals surface area contributed by atoms with E-state index in [4.69, 9.17) is 0 Å². The molecular weight excluding hydrogens is 324 g/mol. The number of rotatable bonds is 6. The van der Waals surface area contributed by atoms with Crippen LogP contribution in [0.2, 0.25) is 0 Å². The minimum Gasteiger partial charge on any atom is -0.348 e. The lowest BCUT2D eigenvalue weighted by Crippen LogP contribution is -2.23. The van der Waals surface area contributed by atoms with E-state index in [0.29, 0.717) is 18.1 Å². The van der Waals surface area contributed by atoms with Crippen LogP contribution in [0, 0.1) is 6.92 Å². The average Bonchev–Trinajstić information content (AvgIpc) is 2.67. The predicted octanol–water partition coefficient (Wildman–Crippen LogP) is 4.02. The van der Waals surface area contributed by atoms with E-state index in [1.165, 1.54) is 23.5 Å². The van der Waals surface area contributed by atoms with E-state index in [0.717, 1.165) is 17.7 Å². The molecule has 2 aromatic carbocycles. The highest BCUT2D eigenvalue weighted by Gasteiger charge is 2.07. The first-order chi connectivity index (χ1) is 12.6. The van der Waals surface area contributed by atoms with Crippen molar-refractivity contribution in [3.63, 3.8) is 0 Å². The second-order valence-electron chi connectivity index (χ2n) is 6.14.